The van der Waals surface area contributed by atoms with E-state index in [1.165, 1.54) is 24.3 Å². The van der Waals surface area contributed by atoms with Crippen LogP contribution in [0.2, 0.25) is 0 Å². The van der Waals surface area contributed by atoms with Crippen LogP contribution in [0.25, 0.3) is 0 Å². The van der Waals surface area contributed by atoms with E-state index in [2.05, 4.69) is 5.32 Å². The molecule has 0 unspecified atom stereocenters. The van der Waals surface area contributed by atoms with Gasteiger partial charge in [-0.3, -0.25) is 9.59 Å². The summed E-state index contributed by atoms with van der Waals surface area (Å²) >= 11 is 2.00. The number of ether oxygens (including phenoxy) is 2. The van der Waals surface area contributed by atoms with Gasteiger partial charge >= 0.3 is 5.97 Å². The number of phenols is 1. The molecular weight excluding hydrogens is 441 g/mol. The second-order valence-electron chi connectivity index (χ2n) is 5.21. The number of hydrogen-bond donors (Lipinski definition) is 2. The van der Waals surface area contributed by atoms with E-state index in [1.807, 2.05) is 22.6 Å². The third kappa shape index (κ3) is 3.90. The summed E-state index contributed by atoms with van der Waals surface area (Å²) in [7, 11) is 0. The van der Waals surface area contributed by atoms with Crippen LogP contribution in [0.5, 0.6) is 11.5 Å². The lowest BCUT2D eigenvalue weighted by Crippen LogP contribution is -2.25. The smallest absolute Gasteiger partial charge is 0.342 e. The third-order valence-electron chi connectivity index (χ3n) is 3.45. The number of halogens is 1. The highest BCUT2D eigenvalue weighted by molar-refractivity contribution is 14.1. The van der Waals surface area contributed by atoms with Gasteiger partial charge in [0.25, 0.3) is 5.91 Å². The summed E-state index contributed by atoms with van der Waals surface area (Å²) in [6.45, 7) is -0.561. The van der Waals surface area contributed by atoms with Gasteiger partial charge in [0.2, 0.25) is 0 Å². The molecule has 0 atom stereocenters. The Morgan fingerprint density at radius 1 is 1.24 bits per heavy atom. The number of ketones is 1. The number of anilines is 1. The number of Topliss-reactive ketones (excluding diaryl/α,β-unsaturated/α-hetero) is 1. The number of aromatic hydroxyl groups is 1. The number of phenolic OH excluding ortho intramolecular Hbond substituents is 1. The second-order valence-corrected chi connectivity index (χ2v) is 6.45. The molecule has 1 aliphatic rings. The lowest BCUT2D eigenvalue weighted by molar-refractivity contribution is -0.118. The minimum atomic E-state index is -0.793. The maximum Gasteiger partial charge on any atom is 0.342 e. The lowest BCUT2D eigenvalue weighted by Gasteiger charge is -2.18. The van der Waals surface area contributed by atoms with E-state index in [-0.39, 0.29) is 29.4 Å². The summed E-state index contributed by atoms with van der Waals surface area (Å²) in [4.78, 5) is 35.5. The largest absolute Gasteiger partial charge is 0.507 e. The minimum absolute atomic E-state index is 0.00851. The molecule has 1 amide bonds. The normalized spacial score (nSPS) is 12.6. The van der Waals surface area contributed by atoms with E-state index >= 15 is 0 Å². The average Bonchev–Trinajstić information content (AvgIpc) is 2.60. The van der Waals surface area contributed by atoms with Gasteiger partial charge in [0.15, 0.2) is 19.0 Å². The first kappa shape index (κ1) is 17.2. The number of rotatable bonds is 4. The van der Waals surface area contributed by atoms with Crippen molar-refractivity contribution in [2.45, 2.75) is 0 Å². The number of fused-ring (bicyclic) bond motifs is 1. The molecule has 2 aromatic rings. The monoisotopic (exact) mass is 453 g/mol. The highest BCUT2D eigenvalue weighted by atomic mass is 127. The summed E-state index contributed by atoms with van der Waals surface area (Å²) in [5.74, 6) is -1.29. The van der Waals surface area contributed by atoms with Crippen LogP contribution in [-0.4, -0.2) is 36.0 Å². The number of esters is 1. The first-order valence-electron chi connectivity index (χ1n) is 7.19. The Labute approximate surface area is 156 Å². The minimum Gasteiger partial charge on any atom is -0.507 e. The molecule has 0 radical (unpaired) electrons. The van der Waals surface area contributed by atoms with Crippen molar-refractivity contribution in [1.82, 2.24) is 0 Å². The van der Waals surface area contributed by atoms with Gasteiger partial charge in [0.05, 0.1) is 5.69 Å². The molecule has 8 heteroatoms. The van der Waals surface area contributed by atoms with Crippen molar-refractivity contribution >= 4 is 45.9 Å². The average molecular weight is 453 g/mol. The fourth-order valence-corrected chi connectivity index (χ4v) is 2.71. The number of benzene rings is 2. The quantitative estimate of drug-likeness (QED) is 0.419. The van der Waals surface area contributed by atoms with Crippen molar-refractivity contribution in [3.8, 4) is 11.5 Å². The summed E-state index contributed by atoms with van der Waals surface area (Å²) in [5.41, 5.74) is 0.652. The van der Waals surface area contributed by atoms with Gasteiger partial charge in [0.1, 0.15) is 17.1 Å². The van der Waals surface area contributed by atoms with Crippen LogP contribution in [-0.2, 0) is 9.53 Å². The molecule has 1 aliphatic heterocycles. The van der Waals surface area contributed by atoms with E-state index in [9.17, 15) is 19.5 Å². The van der Waals surface area contributed by atoms with Crippen LogP contribution in [0.4, 0.5) is 5.69 Å². The number of hydrogen-bond acceptors (Lipinski definition) is 6. The Bertz CT molecular complexity index is 879. The van der Waals surface area contributed by atoms with Gasteiger partial charge in [-0.15, -0.1) is 0 Å². The first-order valence-corrected chi connectivity index (χ1v) is 8.27. The molecule has 0 saturated heterocycles. The Morgan fingerprint density at radius 2 is 2.04 bits per heavy atom. The summed E-state index contributed by atoms with van der Waals surface area (Å²) < 4.78 is 10.9. The zero-order valence-electron chi connectivity index (χ0n) is 12.7. The summed E-state index contributed by atoms with van der Waals surface area (Å²) in [5, 5.41) is 12.3. The zero-order chi connectivity index (χ0) is 18.0. The second kappa shape index (κ2) is 7.09. The van der Waals surface area contributed by atoms with Crippen LogP contribution in [0.1, 0.15) is 20.7 Å². The van der Waals surface area contributed by atoms with Crippen LogP contribution < -0.4 is 10.1 Å². The third-order valence-corrected chi connectivity index (χ3v) is 4.12. The van der Waals surface area contributed by atoms with Gasteiger partial charge in [-0.25, -0.2) is 4.79 Å². The Morgan fingerprint density at radius 3 is 2.84 bits per heavy atom. The van der Waals surface area contributed by atoms with Crippen molar-refractivity contribution in [3.05, 3.63) is 51.1 Å². The molecular formula is C17H12INO6. The van der Waals surface area contributed by atoms with Crippen molar-refractivity contribution in [1.29, 1.82) is 0 Å². The van der Waals surface area contributed by atoms with Crippen molar-refractivity contribution in [2.24, 2.45) is 0 Å². The van der Waals surface area contributed by atoms with Crippen LogP contribution in [0.15, 0.2) is 36.4 Å². The van der Waals surface area contributed by atoms with E-state index in [0.29, 0.717) is 11.4 Å². The fraction of sp³-hybridized carbons (Fsp3) is 0.118. The Kier molecular flexibility index (Phi) is 4.88. The maximum atomic E-state index is 12.2. The molecule has 0 aliphatic carbocycles. The summed E-state index contributed by atoms with van der Waals surface area (Å²) in [6.07, 6.45) is 0. The predicted molar refractivity (Wildman–Crippen MR) is 96.0 cm³/mol. The zero-order valence-corrected chi connectivity index (χ0v) is 14.9. The SMILES string of the molecule is O=C1COc2ccc(C(=O)COC(=O)c3cc(I)ccc3O)cc2N1. The number of carbonyl (C=O) groups is 3. The van der Waals surface area contributed by atoms with Crippen molar-refractivity contribution in [3.63, 3.8) is 0 Å². The number of carbonyl (C=O) groups excluding carboxylic acids is 3. The van der Waals surface area contributed by atoms with E-state index in [4.69, 9.17) is 9.47 Å². The van der Waals surface area contributed by atoms with Gasteiger partial charge in [-0.1, -0.05) is 0 Å². The Balaban J connectivity index is 1.68. The van der Waals surface area contributed by atoms with Crippen molar-refractivity contribution in [2.75, 3.05) is 18.5 Å². The van der Waals surface area contributed by atoms with E-state index in [1.54, 1.807) is 12.1 Å². The summed E-state index contributed by atoms with van der Waals surface area (Å²) in [6, 6.07) is 9.04. The molecule has 0 bridgehead atoms. The first-order chi connectivity index (χ1) is 11.9. The fourth-order valence-electron chi connectivity index (χ4n) is 2.22. The van der Waals surface area contributed by atoms with Gasteiger partial charge in [-0.2, -0.15) is 0 Å². The molecule has 2 aromatic carbocycles. The molecule has 25 heavy (non-hydrogen) atoms. The molecule has 7 nitrogen and oxygen atoms in total. The molecule has 0 fully saturated rings. The molecule has 1 heterocycles. The highest BCUT2D eigenvalue weighted by Gasteiger charge is 2.19. The van der Waals surface area contributed by atoms with Crippen LogP contribution in [0, 0.1) is 3.57 Å². The number of amides is 1. The molecule has 3 rings (SSSR count). The van der Waals surface area contributed by atoms with Crippen LogP contribution >= 0.6 is 22.6 Å². The van der Waals surface area contributed by atoms with E-state index < -0.39 is 18.4 Å². The van der Waals surface area contributed by atoms with Gasteiger partial charge < -0.3 is 19.9 Å². The lowest BCUT2D eigenvalue weighted by atomic mass is 10.1. The molecule has 128 valence electrons. The van der Waals surface area contributed by atoms with Gasteiger partial charge in [-0.05, 0) is 59.0 Å². The van der Waals surface area contributed by atoms with Crippen LogP contribution in [0.3, 0.4) is 0 Å². The highest BCUT2D eigenvalue weighted by Crippen LogP contribution is 2.28. The maximum absolute atomic E-state index is 12.2. The predicted octanol–water partition coefficient (Wildman–Crippen LogP) is 2.37. The van der Waals surface area contributed by atoms with Gasteiger partial charge in [0, 0.05) is 9.13 Å². The van der Waals surface area contributed by atoms with Crippen molar-refractivity contribution < 1.29 is 29.0 Å². The topological polar surface area (TPSA) is 102 Å². The molecule has 0 spiro atoms. The Hall–Kier alpha value is -2.62. The molecule has 0 aromatic heterocycles. The molecule has 0 saturated carbocycles. The van der Waals surface area contributed by atoms with E-state index in [0.717, 1.165) is 3.57 Å². The number of nitrogens with one attached hydrogen (secondary N) is 1. The molecule has 2 N–H and O–H groups in total. The standard InChI is InChI=1S/C17H12INO6/c18-10-2-3-13(20)11(6-10)17(23)25-7-14(21)9-1-4-15-12(5-9)19-16(22)8-24-15/h1-6,20H,7-8H2,(H,19,22).